The molecule has 1 amide bonds. The number of hydrogen-bond donors (Lipinski definition) is 0. The number of carbonyl (C=O) groups is 1. The fourth-order valence-corrected chi connectivity index (χ4v) is 3.98. The van der Waals surface area contributed by atoms with E-state index >= 15 is 0 Å². The van der Waals surface area contributed by atoms with E-state index in [4.69, 9.17) is 9.57 Å². The number of methoxy groups -OCH3 is 1. The van der Waals surface area contributed by atoms with E-state index in [1.165, 1.54) is 11.1 Å². The highest BCUT2D eigenvalue weighted by molar-refractivity contribution is 5.78. The molecule has 0 unspecified atom stereocenters. The van der Waals surface area contributed by atoms with Crippen molar-refractivity contribution in [3.8, 4) is 5.75 Å². The Morgan fingerprint density at radius 2 is 1.91 bits per heavy atom. The van der Waals surface area contributed by atoms with Gasteiger partial charge in [-0.2, -0.15) is 0 Å². The van der Waals surface area contributed by atoms with Crippen LogP contribution in [-0.2, 0) is 16.2 Å². The third kappa shape index (κ3) is 3.08. The van der Waals surface area contributed by atoms with Crippen LogP contribution in [0, 0.1) is 6.92 Å². The predicted octanol–water partition coefficient (Wildman–Crippen LogP) is 2.52. The number of ether oxygens (including phenoxy) is 1. The normalized spacial score (nSPS) is 21.2. The molecule has 3 rings (SSSR count). The molecular formula is C18H26N2O3. The van der Waals surface area contributed by atoms with E-state index in [2.05, 4.69) is 24.0 Å². The maximum atomic E-state index is 11.9. The van der Waals surface area contributed by atoms with Gasteiger partial charge in [-0.15, -0.1) is 0 Å². The Hall–Kier alpha value is -1.59. The van der Waals surface area contributed by atoms with E-state index in [0.717, 1.165) is 44.6 Å². The number of hydroxylamine groups is 2. The van der Waals surface area contributed by atoms with Crippen molar-refractivity contribution in [3.05, 3.63) is 29.3 Å². The number of carbonyl (C=O) groups excluding carboxylic acids is 1. The van der Waals surface area contributed by atoms with Crippen molar-refractivity contribution in [2.75, 3.05) is 27.3 Å². The van der Waals surface area contributed by atoms with Crippen molar-refractivity contribution in [1.29, 1.82) is 0 Å². The van der Waals surface area contributed by atoms with Crippen molar-refractivity contribution >= 4 is 5.91 Å². The molecule has 0 atom stereocenters. The Labute approximate surface area is 138 Å². The summed E-state index contributed by atoms with van der Waals surface area (Å²) in [6.45, 7) is 5.02. The number of aryl methyl sites for hydroxylation is 1. The van der Waals surface area contributed by atoms with Crippen LogP contribution in [0.3, 0.4) is 0 Å². The van der Waals surface area contributed by atoms with Crippen LogP contribution in [-0.4, -0.2) is 48.7 Å². The zero-order valence-electron chi connectivity index (χ0n) is 14.3. The zero-order valence-corrected chi connectivity index (χ0v) is 14.3. The summed E-state index contributed by atoms with van der Waals surface area (Å²) >= 11 is 0. The standard InChI is InChI=1S/C18H26N2O3/c1-14-12-15(4-5-16(14)22-2)13-19-10-8-18(9-11-19)7-6-17(21)20(18)23-3/h4-5,12H,6-11,13H2,1-3H3. The number of nitrogens with zero attached hydrogens (tertiary/aromatic N) is 2. The molecule has 0 bridgehead atoms. The maximum Gasteiger partial charge on any atom is 0.246 e. The number of amides is 1. The van der Waals surface area contributed by atoms with Gasteiger partial charge in [-0.1, -0.05) is 12.1 Å². The van der Waals surface area contributed by atoms with Gasteiger partial charge in [0.15, 0.2) is 0 Å². The molecule has 2 aliphatic rings. The molecule has 1 aromatic rings. The van der Waals surface area contributed by atoms with Crippen LogP contribution in [0.25, 0.3) is 0 Å². The third-order valence-corrected chi connectivity index (χ3v) is 5.30. The van der Waals surface area contributed by atoms with Gasteiger partial charge in [0.1, 0.15) is 5.75 Å². The molecule has 2 saturated heterocycles. The molecule has 0 N–H and O–H groups in total. The lowest BCUT2D eigenvalue weighted by atomic mass is 9.86. The first-order valence-corrected chi connectivity index (χ1v) is 8.31. The minimum Gasteiger partial charge on any atom is -0.496 e. The number of piperidine rings is 1. The summed E-state index contributed by atoms with van der Waals surface area (Å²) in [7, 11) is 3.31. The lowest BCUT2D eigenvalue weighted by molar-refractivity contribution is -0.202. The van der Waals surface area contributed by atoms with Gasteiger partial charge in [-0.3, -0.25) is 14.5 Å². The van der Waals surface area contributed by atoms with Crippen molar-refractivity contribution in [1.82, 2.24) is 9.96 Å². The molecule has 0 aliphatic carbocycles. The molecule has 2 fully saturated rings. The minimum absolute atomic E-state index is 0.0713. The van der Waals surface area contributed by atoms with Crippen LogP contribution in [0.15, 0.2) is 18.2 Å². The highest BCUT2D eigenvalue weighted by Gasteiger charge is 2.47. The van der Waals surface area contributed by atoms with Gasteiger partial charge < -0.3 is 4.74 Å². The van der Waals surface area contributed by atoms with Crippen LogP contribution >= 0.6 is 0 Å². The number of benzene rings is 1. The van der Waals surface area contributed by atoms with Gasteiger partial charge in [0, 0.05) is 26.1 Å². The van der Waals surface area contributed by atoms with E-state index in [-0.39, 0.29) is 11.4 Å². The second-order valence-electron chi connectivity index (χ2n) is 6.68. The maximum absolute atomic E-state index is 11.9. The second kappa shape index (κ2) is 6.49. The number of hydrogen-bond acceptors (Lipinski definition) is 4. The number of likely N-dealkylation sites (tertiary alicyclic amines) is 1. The van der Waals surface area contributed by atoms with E-state index in [9.17, 15) is 4.79 Å². The van der Waals surface area contributed by atoms with E-state index in [1.807, 2.05) is 6.07 Å². The summed E-state index contributed by atoms with van der Waals surface area (Å²) in [5.74, 6) is 1.07. The van der Waals surface area contributed by atoms with Crippen LogP contribution < -0.4 is 4.74 Å². The Kier molecular flexibility index (Phi) is 4.60. The quantitative estimate of drug-likeness (QED) is 0.855. The average Bonchev–Trinajstić information content (AvgIpc) is 2.86. The van der Waals surface area contributed by atoms with Gasteiger partial charge in [0.2, 0.25) is 5.91 Å². The first-order chi connectivity index (χ1) is 11.1. The van der Waals surface area contributed by atoms with Gasteiger partial charge >= 0.3 is 0 Å². The monoisotopic (exact) mass is 318 g/mol. The van der Waals surface area contributed by atoms with Crippen LogP contribution in [0.4, 0.5) is 0 Å². The molecule has 23 heavy (non-hydrogen) atoms. The van der Waals surface area contributed by atoms with Crippen LogP contribution in [0.1, 0.15) is 36.8 Å². The average molecular weight is 318 g/mol. The van der Waals surface area contributed by atoms with E-state index in [1.54, 1.807) is 19.3 Å². The number of rotatable bonds is 4. The fraction of sp³-hybridized carbons (Fsp3) is 0.611. The van der Waals surface area contributed by atoms with Crippen molar-refractivity contribution in [2.45, 2.75) is 44.7 Å². The highest BCUT2D eigenvalue weighted by atomic mass is 16.7. The molecule has 2 heterocycles. The predicted molar refractivity (Wildman–Crippen MR) is 88.1 cm³/mol. The molecule has 1 aromatic carbocycles. The smallest absolute Gasteiger partial charge is 0.246 e. The highest BCUT2D eigenvalue weighted by Crippen LogP contribution is 2.39. The topological polar surface area (TPSA) is 42.0 Å². The van der Waals surface area contributed by atoms with Crippen molar-refractivity contribution < 1.29 is 14.4 Å². The lowest BCUT2D eigenvalue weighted by Gasteiger charge is -2.43. The molecule has 1 spiro atoms. The summed E-state index contributed by atoms with van der Waals surface area (Å²) in [5, 5.41) is 1.64. The van der Waals surface area contributed by atoms with Crippen LogP contribution in [0.5, 0.6) is 5.75 Å². The molecule has 5 heteroatoms. The Bertz CT molecular complexity index is 580. The largest absolute Gasteiger partial charge is 0.496 e. The Balaban J connectivity index is 1.61. The minimum atomic E-state index is -0.0713. The zero-order chi connectivity index (χ0) is 16.4. The molecule has 0 saturated carbocycles. The Morgan fingerprint density at radius 3 is 2.52 bits per heavy atom. The summed E-state index contributed by atoms with van der Waals surface area (Å²) in [4.78, 5) is 19.7. The SMILES string of the molecule is COc1ccc(CN2CCC3(CCC(=O)N3OC)CC2)cc1C. The van der Waals surface area contributed by atoms with Gasteiger partial charge in [0.05, 0.1) is 19.8 Å². The summed E-state index contributed by atoms with van der Waals surface area (Å²) in [6, 6.07) is 6.37. The summed E-state index contributed by atoms with van der Waals surface area (Å²) in [6.07, 6.45) is 3.52. The van der Waals surface area contributed by atoms with Crippen molar-refractivity contribution in [2.24, 2.45) is 0 Å². The first-order valence-electron chi connectivity index (χ1n) is 8.31. The van der Waals surface area contributed by atoms with Crippen LogP contribution in [0.2, 0.25) is 0 Å². The van der Waals surface area contributed by atoms with Gasteiger partial charge in [-0.05, 0) is 43.4 Å². The molecule has 0 radical (unpaired) electrons. The first kappa shape index (κ1) is 16.3. The van der Waals surface area contributed by atoms with Gasteiger partial charge in [0.25, 0.3) is 0 Å². The van der Waals surface area contributed by atoms with Gasteiger partial charge in [-0.25, -0.2) is 5.06 Å². The summed E-state index contributed by atoms with van der Waals surface area (Å²) < 4.78 is 5.32. The molecular weight excluding hydrogens is 292 g/mol. The van der Waals surface area contributed by atoms with Crippen molar-refractivity contribution in [3.63, 3.8) is 0 Å². The molecule has 5 nitrogen and oxygen atoms in total. The molecule has 0 aromatic heterocycles. The Morgan fingerprint density at radius 1 is 1.17 bits per heavy atom. The molecule has 2 aliphatic heterocycles. The molecule has 126 valence electrons. The lowest BCUT2D eigenvalue weighted by Crippen LogP contribution is -2.52. The fourth-order valence-electron chi connectivity index (χ4n) is 3.98. The van der Waals surface area contributed by atoms with E-state index in [0.29, 0.717) is 6.42 Å². The van der Waals surface area contributed by atoms with E-state index < -0.39 is 0 Å². The second-order valence-corrected chi connectivity index (χ2v) is 6.68. The third-order valence-electron chi connectivity index (χ3n) is 5.30. The summed E-state index contributed by atoms with van der Waals surface area (Å²) in [5.41, 5.74) is 2.41.